The molecule has 0 bridgehead atoms. The van der Waals surface area contributed by atoms with Gasteiger partial charge < -0.3 is 18.8 Å². The van der Waals surface area contributed by atoms with Crippen molar-refractivity contribution in [2.45, 2.75) is 18.8 Å². The summed E-state index contributed by atoms with van der Waals surface area (Å²) in [5, 5.41) is 9.51. The Morgan fingerprint density at radius 1 is 1.00 bits per heavy atom. The standard InChI is InChI=1S/C24H20N4O4/c29-24(19-9-7-15-4-1-2-6-18(15)25-19)28-11-3-5-17(13-28)23-27-26-22(32-23)16-8-10-20-21(12-16)31-14-30-20/h1-2,4,6-10,12,17H,3,5,11,13-14H2. The molecule has 0 N–H and O–H groups in total. The first-order chi connectivity index (χ1) is 15.7. The van der Waals surface area contributed by atoms with Crippen molar-refractivity contribution in [2.75, 3.05) is 19.9 Å². The van der Waals surface area contributed by atoms with Crippen LogP contribution in [0.25, 0.3) is 22.4 Å². The molecule has 8 heteroatoms. The molecule has 1 atom stereocenters. The van der Waals surface area contributed by atoms with Crippen LogP contribution >= 0.6 is 0 Å². The summed E-state index contributed by atoms with van der Waals surface area (Å²) in [7, 11) is 0. The second-order valence-electron chi connectivity index (χ2n) is 7.99. The van der Waals surface area contributed by atoms with Crippen molar-refractivity contribution >= 4 is 16.8 Å². The molecule has 4 aromatic rings. The molecular formula is C24H20N4O4. The summed E-state index contributed by atoms with van der Waals surface area (Å²) in [4.78, 5) is 19.5. The Labute approximate surface area is 183 Å². The van der Waals surface area contributed by atoms with Crippen LogP contribution in [0.5, 0.6) is 11.5 Å². The number of pyridine rings is 1. The lowest BCUT2D eigenvalue weighted by Gasteiger charge is -2.30. The first-order valence-corrected chi connectivity index (χ1v) is 10.6. The zero-order valence-electron chi connectivity index (χ0n) is 17.2. The lowest BCUT2D eigenvalue weighted by Crippen LogP contribution is -2.39. The van der Waals surface area contributed by atoms with Gasteiger partial charge in [0.2, 0.25) is 18.6 Å². The van der Waals surface area contributed by atoms with Gasteiger partial charge in [-0.2, -0.15) is 0 Å². The van der Waals surface area contributed by atoms with Crippen molar-refractivity contribution in [1.29, 1.82) is 0 Å². The van der Waals surface area contributed by atoms with Crippen LogP contribution in [0.4, 0.5) is 0 Å². The normalized spacial score (nSPS) is 17.6. The summed E-state index contributed by atoms with van der Waals surface area (Å²) >= 11 is 0. The third-order valence-corrected chi connectivity index (χ3v) is 5.94. The van der Waals surface area contributed by atoms with E-state index >= 15 is 0 Å². The molecule has 32 heavy (non-hydrogen) atoms. The highest BCUT2D eigenvalue weighted by Crippen LogP contribution is 2.36. The minimum absolute atomic E-state index is 0.0107. The van der Waals surface area contributed by atoms with Crippen LogP contribution in [-0.4, -0.2) is 45.9 Å². The summed E-state index contributed by atoms with van der Waals surface area (Å²) in [6.45, 7) is 1.43. The molecule has 6 rings (SSSR count). The first kappa shape index (κ1) is 18.8. The smallest absolute Gasteiger partial charge is 0.272 e. The molecule has 2 aliphatic heterocycles. The number of ether oxygens (including phenoxy) is 2. The maximum Gasteiger partial charge on any atom is 0.272 e. The van der Waals surface area contributed by atoms with Crippen LogP contribution in [0.2, 0.25) is 0 Å². The van der Waals surface area contributed by atoms with Gasteiger partial charge in [0.05, 0.1) is 11.4 Å². The molecule has 0 aliphatic carbocycles. The van der Waals surface area contributed by atoms with E-state index in [1.54, 1.807) is 6.07 Å². The van der Waals surface area contributed by atoms with Gasteiger partial charge in [-0.25, -0.2) is 4.98 Å². The zero-order valence-corrected chi connectivity index (χ0v) is 17.2. The Bertz CT molecular complexity index is 1320. The van der Waals surface area contributed by atoms with E-state index in [1.165, 1.54) is 0 Å². The second-order valence-corrected chi connectivity index (χ2v) is 7.99. The molecular weight excluding hydrogens is 408 g/mol. The van der Waals surface area contributed by atoms with E-state index in [1.807, 2.05) is 53.4 Å². The molecule has 8 nitrogen and oxygen atoms in total. The Hall–Kier alpha value is -3.94. The van der Waals surface area contributed by atoms with E-state index in [0.717, 1.165) is 29.3 Å². The van der Waals surface area contributed by atoms with Crippen LogP contribution in [0.1, 0.15) is 35.1 Å². The first-order valence-electron chi connectivity index (χ1n) is 10.6. The fourth-order valence-electron chi connectivity index (χ4n) is 4.26. The molecule has 1 unspecified atom stereocenters. The number of aromatic nitrogens is 3. The van der Waals surface area contributed by atoms with E-state index < -0.39 is 0 Å². The third kappa shape index (κ3) is 3.33. The fourth-order valence-corrected chi connectivity index (χ4v) is 4.26. The van der Waals surface area contributed by atoms with Crippen molar-refractivity contribution in [3.63, 3.8) is 0 Å². The summed E-state index contributed by atoms with van der Waals surface area (Å²) in [6, 6.07) is 17.1. The Morgan fingerprint density at radius 2 is 1.91 bits per heavy atom. The minimum atomic E-state index is -0.0732. The predicted octanol–water partition coefficient (Wildman–Crippen LogP) is 4.03. The number of carbonyl (C=O) groups is 1. The number of hydrogen-bond donors (Lipinski definition) is 0. The third-order valence-electron chi connectivity index (χ3n) is 5.94. The zero-order chi connectivity index (χ0) is 21.5. The quantitative estimate of drug-likeness (QED) is 0.486. The molecule has 2 aromatic carbocycles. The van der Waals surface area contributed by atoms with Crippen LogP contribution in [0, 0.1) is 0 Å². The van der Waals surface area contributed by atoms with Gasteiger partial charge in [0.1, 0.15) is 5.69 Å². The monoisotopic (exact) mass is 428 g/mol. The molecule has 0 spiro atoms. The molecule has 2 aromatic heterocycles. The van der Waals surface area contributed by atoms with Gasteiger partial charge in [0.15, 0.2) is 11.5 Å². The van der Waals surface area contributed by atoms with Gasteiger partial charge in [-0.15, -0.1) is 10.2 Å². The number of fused-ring (bicyclic) bond motifs is 2. The van der Waals surface area contributed by atoms with Gasteiger partial charge in [-0.1, -0.05) is 24.3 Å². The highest BCUT2D eigenvalue weighted by molar-refractivity contribution is 5.95. The number of amides is 1. The van der Waals surface area contributed by atoms with Crippen molar-refractivity contribution in [2.24, 2.45) is 0 Å². The summed E-state index contributed by atoms with van der Waals surface area (Å²) in [5.74, 6) is 2.26. The van der Waals surface area contributed by atoms with Crippen LogP contribution in [0.3, 0.4) is 0 Å². The molecule has 160 valence electrons. The van der Waals surface area contributed by atoms with Crippen LogP contribution in [0.15, 0.2) is 59.0 Å². The van der Waals surface area contributed by atoms with Crippen molar-refractivity contribution in [3.05, 3.63) is 66.2 Å². The van der Waals surface area contributed by atoms with Gasteiger partial charge in [-0.05, 0) is 43.2 Å². The van der Waals surface area contributed by atoms with E-state index in [2.05, 4.69) is 15.2 Å². The highest BCUT2D eigenvalue weighted by Gasteiger charge is 2.30. The van der Waals surface area contributed by atoms with Gasteiger partial charge >= 0.3 is 0 Å². The second kappa shape index (κ2) is 7.64. The molecule has 1 fully saturated rings. The highest BCUT2D eigenvalue weighted by atomic mass is 16.7. The van der Waals surface area contributed by atoms with Gasteiger partial charge in [0.25, 0.3) is 5.91 Å². The lowest BCUT2D eigenvalue weighted by molar-refractivity contribution is 0.0693. The van der Waals surface area contributed by atoms with E-state index in [0.29, 0.717) is 42.1 Å². The van der Waals surface area contributed by atoms with Crippen LogP contribution in [-0.2, 0) is 0 Å². The number of carbonyl (C=O) groups excluding carboxylic acids is 1. The number of para-hydroxylation sites is 1. The maximum atomic E-state index is 13.1. The molecule has 4 heterocycles. The SMILES string of the molecule is O=C(c1ccc2ccccc2n1)N1CCCC(c2nnc(-c3ccc4c(c3)OCO4)o2)C1. The summed E-state index contributed by atoms with van der Waals surface area (Å²) in [5.41, 5.74) is 2.05. The Balaban J connectivity index is 1.21. The minimum Gasteiger partial charge on any atom is -0.454 e. The van der Waals surface area contributed by atoms with Gasteiger partial charge in [0, 0.05) is 24.0 Å². The number of rotatable bonds is 3. The average molecular weight is 428 g/mol. The number of benzene rings is 2. The molecule has 2 aliphatic rings. The molecule has 1 saturated heterocycles. The Morgan fingerprint density at radius 3 is 2.88 bits per heavy atom. The largest absolute Gasteiger partial charge is 0.454 e. The Kier molecular flexibility index (Phi) is 4.49. The van der Waals surface area contributed by atoms with Crippen LogP contribution < -0.4 is 9.47 Å². The topological polar surface area (TPSA) is 90.6 Å². The average Bonchev–Trinajstić information content (AvgIpc) is 3.53. The van der Waals surface area contributed by atoms with Crippen molar-refractivity contribution < 1.29 is 18.7 Å². The maximum absolute atomic E-state index is 13.1. The summed E-state index contributed by atoms with van der Waals surface area (Å²) < 4.78 is 16.8. The molecule has 1 amide bonds. The number of hydrogen-bond acceptors (Lipinski definition) is 7. The predicted molar refractivity (Wildman–Crippen MR) is 115 cm³/mol. The lowest BCUT2D eigenvalue weighted by atomic mass is 9.97. The molecule has 0 radical (unpaired) electrons. The fraction of sp³-hybridized carbons (Fsp3) is 0.250. The summed E-state index contributed by atoms with van der Waals surface area (Å²) in [6.07, 6.45) is 1.75. The van der Waals surface area contributed by atoms with E-state index in [-0.39, 0.29) is 18.6 Å². The van der Waals surface area contributed by atoms with E-state index in [9.17, 15) is 4.79 Å². The van der Waals surface area contributed by atoms with E-state index in [4.69, 9.17) is 13.9 Å². The number of likely N-dealkylation sites (tertiary alicyclic amines) is 1. The van der Waals surface area contributed by atoms with Crippen molar-refractivity contribution in [3.8, 4) is 23.0 Å². The van der Waals surface area contributed by atoms with Crippen molar-refractivity contribution in [1.82, 2.24) is 20.1 Å². The molecule has 0 saturated carbocycles. The number of piperidine rings is 1. The number of nitrogens with zero attached hydrogens (tertiary/aromatic N) is 4. The van der Waals surface area contributed by atoms with Gasteiger partial charge in [-0.3, -0.25) is 4.79 Å².